The van der Waals surface area contributed by atoms with Crippen molar-refractivity contribution in [1.29, 1.82) is 0 Å². The van der Waals surface area contributed by atoms with Crippen molar-refractivity contribution in [2.24, 2.45) is 11.3 Å². The van der Waals surface area contributed by atoms with E-state index in [2.05, 4.69) is 25.7 Å². The molecule has 3 aliphatic heterocycles. The molecule has 3 fully saturated rings. The molecule has 3 aliphatic rings. The summed E-state index contributed by atoms with van der Waals surface area (Å²) in [6.07, 6.45) is 31.5. The molecule has 0 aromatic heterocycles. The van der Waals surface area contributed by atoms with Gasteiger partial charge in [-0.25, -0.2) is 4.79 Å². The van der Waals surface area contributed by atoms with Crippen LogP contribution in [0, 0.1) is 11.3 Å². The van der Waals surface area contributed by atoms with Crippen molar-refractivity contribution in [2.75, 3.05) is 39.5 Å². The minimum Gasteiger partial charge on any atom is -0.465 e. The maximum atomic E-state index is 12.8. The Hall–Kier alpha value is -1.14. The summed E-state index contributed by atoms with van der Waals surface area (Å²) in [7, 11) is 0. The summed E-state index contributed by atoms with van der Waals surface area (Å²) >= 11 is 0. The molecule has 3 rings (SSSR count). The fraction of sp³-hybridized carbons (Fsp3) is 0.951. The van der Waals surface area contributed by atoms with Crippen molar-refractivity contribution in [3.8, 4) is 0 Å². The van der Waals surface area contributed by atoms with Crippen LogP contribution in [-0.4, -0.2) is 62.4 Å². The monoisotopic (exact) mass is 664 g/mol. The van der Waals surface area contributed by atoms with Crippen LogP contribution in [0.3, 0.4) is 0 Å². The van der Waals surface area contributed by atoms with Gasteiger partial charge in [0.2, 0.25) is 0 Å². The van der Waals surface area contributed by atoms with Gasteiger partial charge in [-0.2, -0.15) is 0 Å². The maximum absolute atomic E-state index is 12.8. The lowest BCUT2D eigenvalue weighted by atomic mass is 9.73. The van der Waals surface area contributed by atoms with Crippen molar-refractivity contribution in [2.45, 2.75) is 200 Å². The first kappa shape index (κ1) is 42.0. The van der Waals surface area contributed by atoms with Gasteiger partial charge in [-0.15, -0.1) is 0 Å². The fourth-order valence-corrected chi connectivity index (χ4v) is 7.57. The Balaban J connectivity index is 1.58. The highest BCUT2D eigenvalue weighted by Gasteiger charge is 2.39. The maximum Gasteiger partial charge on any atom is 0.332 e. The van der Waals surface area contributed by atoms with Crippen molar-refractivity contribution >= 4 is 11.9 Å². The summed E-state index contributed by atoms with van der Waals surface area (Å²) in [5, 5.41) is 0. The molecule has 0 radical (unpaired) electrons. The molecule has 2 atom stereocenters. The average molecular weight is 664 g/mol. The standard InChI is InChI=1S/C41H77NO5/c1-4-7-10-12-13-16-20-25-38(47-40(44)35-45-36-41-28-31-42(32-29-41)33-30-41)26-21-17-14-15-18-22-27-39(43)46-34-37(23-9-6-3)24-19-11-8-5-2/h37-38H,4-36H2,1-3H3. The first-order valence-corrected chi connectivity index (χ1v) is 20.7. The number of hydrogen-bond donors (Lipinski definition) is 0. The van der Waals surface area contributed by atoms with Gasteiger partial charge in [0.25, 0.3) is 0 Å². The number of rotatable bonds is 32. The molecular weight excluding hydrogens is 586 g/mol. The second kappa shape index (κ2) is 27.7. The molecule has 0 N–H and O–H groups in total. The van der Waals surface area contributed by atoms with Gasteiger partial charge in [0, 0.05) is 6.42 Å². The minimum absolute atomic E-state index is 0.0113. The van der Waals surface area contributed by atoms with E-state index in [-0.39, 0.29) is 30.1 Å². The normalized spacial score (nSPS) is 20.3. The number of hydrogen-bond acceptors (Lipinski definition) is 6. The van der Waals surface area contributed by atoms with Gasteiger partial charge in [0.15, 0.2) is 0 Å². The number of carbonyl (C=O) groups excluding carboxylic acids is 2. The van der Waals surface area contributed by atoms with Crippen LogP contribution in [0.2, 0.25) is 0 Å². The van der Waals surface area contributed by atoms with E-state index in [9.17, 15) is 9.59 Å². The van der Waals surface area contributed by atoms with Gasteiger partial charge in [-0.05, 0) is 95.2 Å². The molecule has 2 unspecified atom stereocenters. The number of unbranched alkanes of at least 4 members (excludes halogenated alkanes) is 15. The lowest BCUT2D eigenvalue weighted by Crippen LogP contribution is -2.50. The Kier molecular flexibility index (Phi) is 24.7. The van der Waals surface area contributed by atoms with Gasteiger partial charge >= 0.3 is 11.9 Å². The Morgan fingerprint density at radius 3 is 1.68 bits per heavy atom. The zero-order valence-corrected chi connectivity index (χ0v) is 31.5. The number of esters is 2. The zero-order chi connectivity index (χ0) is 33.8. The van der Waals surface area contributed by atoms with E-state index in [0.717, 1.165) is 51.4 Å². The summed E-state index contributed by atoms with van der Waals surface area (Å²) < 4.78 is 17.7. The van der Waals surface area contributed by atoms with E-state index < -0.39 is 0 Å². The Morgan fingerprint density at radius 2 is 1.09 bits per heavy atom. The summed E-state index contributed by atoms with van der Waals surface area (Å²) in [4.78, 5) is 27.7. The van der Waals surface area contributed by atoms with Crippen LogP contribution in [0.15, 0.2) is 0 Å². The summed E-state index contributed by atoms with van der Waals surface area (Å²) in [5.41, 5.74) is 0.289. The number of ether oxygens (including phenoxy) is 3. The van der Waals surface area contributed by atoms with Gasteiger partial charge < -0.3 is 19.1 Å². The van der Waals surface area contributed by atoms with Gasteiger partial charge in [0.05, 0.1) is 13.2 Å². The first-order chi connectivity index (χ1) is 23.0. The molecule has 3 heterocycles. The third-order valence-corrected chi connectivity index (χ3v) is 11.0. The van der Waals surface area contributed by atoms with Crippen molar-refractivity contribution in [3.05, 3.63) is 0 Å². The molecule has 2 bridgehead atoms. The van der Waals surface area contributed by atoms with Crippen LogP contribution in [0.1, 0.15) is 194 Å². The highest BCUT2D eigenvalue weighted by molar-refractivity contribution is 5.70. The number of piperidine rings is 3. The summed E-state index contributed by atoms with van der Waals surface area (Å²) in [5.74, 6) is 0.345. The lowest BCUT2D eigenvalue weighted by Gasteiger charge is -2.48. The van der Waals surface area contributed by atoms with Crippen LogP contribution in [0.25, 0.3) is 0 Å². The quantitative estimate of drug-likeness (QED) is 0.0527. The molecule has 0 saturated carbocycles. The predicted octanol–water partition coefficient (Wildman–Crippen LogP) is 11.0. The lowest BCUT2D eigenvalue weighted by molar-refractivity contribution is -0.157. The molecule has 6 heteroatoms. The largest absolute Gasteiger partial charge is 0.465 e. The van der Waals surface area contributed by atoms with Gasteiger partial charge in [-0.3, -0.25) is 4.79 Å². The first-order valence-electron chi connectivity index (χ1n) is 20.7. The fourth-order valence-electron chi connectivity index (χ4n) is 7.57. The SMILES string of the molecule is CCCCCCCCCC(CCCCCCCCC(=O)OCC(CCCC)CCCCCC)OC(=O)COCC12CCN(CC1)CC2. The minimum atomic E-state index is -0.178. The highest BCUT2D eigenvalue weighted by Crippen LogP contribution is 2.40. The molecule has 0 spiro atoms. The number of nitrogens with zero attached hydrogens (tertiary/aromatic N) is 1. The smallest absolute Gasteiger partial charge is 0.332 e. The molecule has 0 aromatic carbocycles. The van der Waals surface area contributed by atoms with Crippen LogP contribution < -0.4 is 0 Å². The third kappa shape index (κ3) is 20.9. The van der Waals surface area contributed by atoms with Crippen LogP contribution >= 0.6 is 0 Å². The molecule has 3 saturated heterocycles. The van der Waals surface area contributed by atoms with E-state index in [1.165, 1.54) is 135 Å². The molecule has 276 valence electrons. The van der Waals surface area contributed by atoms with Crippen LogP contribution in [0.4, 0.5) is 0 Å². The molecule has 47 heavy (non-hydrogen) atoms. The van der Waals surface area contributed by atoms with Gasteiger partial charge in [0.1, 0.15) is 12.7 Å². The van der Waals surface area contributed by atoms with Crippen LogP contribution in [-0.2, 0) is 23.8 Å². The topological polar surface area (TPSA) is 65.1 Å². The molecule has 0 aromatic rings. The Morgan fingerprint density at radius 1 is 0.596 bits per heavy atom. The van der Waals surface area contributed by atoms with Crippen molar-refractivity contribution in [1.82, 2.24) is 4.90 Å². The Labute approximate surface area is 291 Å². The Bertz CT molecular complexity index is 751. The predicted molar refractivity (Wildman–Crippen MR) is 196 cm³/mol. The van der Waals surface area contributed by atoms with Crippen LogP contribution in [0.5, 0.6) is 0 Å². The highest BCUT2D eigenvalue weighted by atomic mass is 16.6. The van der Waals surface area contributed by atoms with E-state index in [4.69, 9.17) is 14.2 Å². The summed E-state index contributed by atoms with van der Waals surface area (Å²) in [6.45, 7) is 11.7. The second-order valence-corrected chi connectivity index (χ2v) is 15.3. The molecule has 0 aliphatic carbocycles. The van der Waals surface area contributed by atoms with Gasteiger partial charge in [-0.1, -0.05) is 124 Å². The molecule has 6 nitrogen and oxygen atoms in total. The van der Waals surface area contributed by atoms with E-state index in [1.54, 1.807) is 0 Å². The van der Waals surface area contributed by atoms with Crippen molar-refractivity contribution < 1.29 is 23.8 Å². The van der Waals surface area contributed by atoms with E-state index in [0.29, 0.717) is 25.6 Å². The zero-order valence-electron chi connectivity index (χ0n) is 31.5. The van der Waals surface area contributed by atoms with E-state index in [1.807, 2.05) is 0 Å². The van der Waals surface area contributed by atoms with E-state index >= 15 is 0 Å². The number of fused-ring (bicyclic) bond motifs is 3. The second-order valence-electron chi connectivity index (χ2n) is 15.3. The average Bonchev–Trinajstić information content (AvgIpc) is 3.08. The number of carbonyl (C=O) groups is 2. The molecular formula is C41H77NO5. The van der Waals surface area contributed by atoms with Crippen molar-refractivity contribution in [3.63, 3.8) is 0 Å². The third-order valence-electron chi connectivity index (χ3n) is 11.0. The summed E-state index contributed by atoms with van der Waals surface area (Å²) in [6, 6.07) is 0. The molecule has 0 amide bonds.